The highest BCUT2D eigenvalue weighted by molar-refractivity contribution is 5.89. The molecule has 1 rings (SSSR count). The lowest BCUT2D eigenvalue weighted by atomic mass is 9.83. The van der Waals surface area contributed by atoms with E-state index in [0.717, 1.165) is 25.7 Å². The molecule has 132 valence electrons. The molecule has 0 aromatic rings. The molecule has 1 aliphatic rings. The number of carbonyl (C=O) groups excluding carboxylic acids is 3. The second-order valence-electron chi connectivity index (χ2n) is 6.91. The van der Waals surface area contributed by atoms with Crippen LogP contribution in [0.1, 0.15) is 52.9 Å². The molecule has 0 radical (unpaired) electrons. The Hall–Kier alpha value is -1.79. The molecule has 0 aliphatic heterocycles. The van der Waals surface area contributed by atoms with E-state index in [1.807, 2.05) is 0 Å². The normalized spacial score (nSPS) is 17.0. The molecule has 0 spiro atoms. The third kappa shape index (κ3) is 7.34. The molecule has 7 nitrogen and oxygen atoms in total. The maximum atomic E-state index is 12.0. The maximum absolute atomic E-state index is 12.0. The molecule has 3 N–H and O–H groups in total. The molecule has 1 aliphatic carbocycles. The van der Waals surface area contributed by atoms with Gasteiger partial charge in [0.2, 0.25) is 11.8 Å². The zero-order valence-electron chi connectivity index (χ0n) is 14.5. The van der Waals surface area contributed by atoms with Crippen molar-refractivity contribution in [1.82, 2.24) is 16.0 Å². The van der Waals surface area contributed by atoms with Crippen LogP contribution in [0.25, 0.3) is 0 Å². The van der Waals surface area contributed by atoms with Crippen molar-refractivity contribution in [1.29, 1.82) is 0 Å². The molecular weight excluding hydrogens is 298 g/mol. The molecule has 1 saturated carbocycles. The van der Waals surface area contributed by atoms with E-state index in [9.17, 15) is 14.4 Å². The van der Waals surface area contributed by atoms with E-state index in [1.54, 1.807) is 27.8 Å². The molecule has 23 heavy (non-hydrogen) atoms. The largest absolute Gasteiger partial charge is 0.444 e. The Kier molecular flexibility index (Phi) is 7.32. The first-order valence-corrected chi connectivity index (χ1v) is 8.20. The zero-order valence-corrected chi connectivity index (χ0v) is 14.5. The summed E-state index contributed by atoms with van der Waals surface area (Å²) in [5, 5.41) is 7.73. The smallest absolute Gasteiger partial charge is 0.408 e. The van der Waals surface area contributed by atoms with E-state index in [4.69, 9.17) is 4.74 Å². The first-order chi connectivity index (χ1) is 10.7. The van der Waals surface area contributed by atoms with E-state index < -0.39 is 23.6 Å². The van der Waals surface area contributed by atoms with Gasteiger partial charge in [-0.05, 0) is 39.5 Å². The van der Waals surface area contributed by atoms with Crippen LogP contribution in [0.3, 0.4) is 0 Å². The number of hydrogen-bond donors (Lipinski definition) is 3. The van der Waals surface area contributed by atoms with Gasteiger partial charge in [0, 0.05) is 7.05 Å². The number of hydrogen-bond acceptors (Lipinski definition) is 4. The zero-order chi connectivity index (χ0) is 17.5. The van der Waals surface area contributed by atoms with E-state index in [1.165, 1.54) is 6.42 Å². The fourth-order valence-corrected chi connectivity index (χ4v) is 2.71. The Balaban J connectivity index is 2.50. The highest BCUT2D eigenvalue weighted by Crippen LogP contribution is 2.26. The standard InChI is InChI=1S/C16H29N3O4/c1-16(2,3)23-15(22)18-10-12(20)19-13(14(21)17-4)11-8-6-5-7-9-11/h11,13H,5-10H2,1-4H3,(H,17,21)(H,18,22)(H,19,20). The molecule has 0 aromatic carbocycles. The maximum Gasteiger partial charge on any atom is 0.408 e. The number of alkyl carbamates (subject to hydrolysis) is 1. The lowest BCUT2D eigenvalue weighted by molar-refractivity contribution is -0.130. The predicted octanol–water partition coefficient (Wildman–Crippen LogP) is 1.32. The molecule has 1 unspecified atom stereocenters. The number of rotatable bonds is 5. The number of likely N-dealkylation sites (N-methyl/N-ethyl adjacent to an activating group) is 1. The fraction of sp³-hybridized carbons (Fsp3) is 0.812. The Labute approximate surface area is 137 Å². The summed E-state index contributed by atoms with van der Waals surface area (Å²) in [5.41, 5.74) is -0.618. The topological polar surface area (TPSA) is 96.5 Å². The van der Waals surface area contributed by atoms with E-state index >= 15 is 0 Å². The average molecular weight is 327 g/mol. The highest BCUT2D eigenvalue weighted by Gasteiger charge is 2.30. The highest BCUT2D eigenvalue weighted by atomic mass is 16.6. The van der Waals surface area contributed by atoms with Crippen molar-refractivity contribution < 1.29 is 19.1 Å². The Morgan fingerprint density at radius 1 is 1.13 bits per heavy atom. The lowest BCUT2D eigenvalue weighted by Crippen LogP contribution is -2.52. The summed E-state index contributed by atoms with van der Waals surface area (Å²) in [6, 6.07) is -0.548. The van der Waals surface area contributed by atoms with E-state index in [-0.39, 0.29) is 18.4 Å². The van der Waals surface area contributed by atoms with Crippen LogP contribution in [-0.4, -0.2) is 43.1 Å². The molecule has 7 heteroatoms. The second-order valence-corrected chi connectivity index (χ2v) is 6.91. The van der Waals surface area contributed by atoms with Crippen LogP contribution in [0.15, 0.2) is 0 Å². The van der Waals surface area contributed by atoms with Crippen LogP contribution in [-0.2, 0) is 14.3 Å². The van der Waals surface area contributed by atoms with Crippen molar-refractivity contribution in [2.45, 2.75) is 64.5 Å². The van der Waals surface area contributed by atoms with Gasteiger partial charge in [-0.25, -0.2) is 4.79 Å². The predicted molar refractivity (Wildman–Crippen MR) is 86.8 cm³/mol. The van der Waals surface area contributed by atoms with E-state index in [2.05, 4.69) is 16.0 Å². The molecule has 1 atom stereocenters. The molecular formula is C16H29N3O4. The Bertz CT molecular complexity index is 426. The van der Waals surface area contributed by atoms with Crippen molar-refractivity contribution >= 4 is 17.9 Å². The minimum Gasteiger partial charge on any atom is -0.444 e. The third-order valence-electron chi connectivity index (χ3n) is 3.76. The molecule has 0 heterocycles. The van der Waals surface area contributed by atoms with Gasteiger partial charge in [0.1, 0.15) is 18.2 Å². The Morgan fingerprint density at radius 3 is 2.26 bits per heavy atom. The quantitative estimate of drug-likeness (QED) is 0.709. The van der Waals surface area contributed by atoms with Gasteiger partial charge >= 0.3 is 6.09 Å². The summed E-state index contributed by atoms with van der Waals surface area (Å²) in [7, 11) is 1.56. The van der Waals surface area contributed by atoms with Crippen LogP contribution in [0, 0.1) is 5.92 Å². The summed E-state index contributed by atoms with van der Waals surface area (Å²) >= 11 is 0. The van der Waals surface area contributed by atoms with E-state index in [0.29, 0.717) is 0 Å². The number of amides is 3. The average Bonchev–Trinajstić information content (AvgIpc) is 2.49. The van der Waals surface area contributed by atoms with Crippen LogP contribution in [0.5, 0.6) is 0 Å². The minimum absolute atomic E-state index is 0.147. The van der Waals surface area contributed by atoms with Crippen molar-refractivity contribution in [2.75, 3.05) is 13.6 Å². The van der Waals surface area contributed by atoms with Gasteiger partial charge in [0.25, 0.3) is 0 Å². The molecule has 0 aromatic heterocycles. The van der Waals surface area contributed by atoms with Gasteiger partial charge in [0.05, 0.1) is 0 Å². The van der Waals surface area contributed by atoms with Gasteiger partial charge in [-0.15, -0.1) is 0 Å². The second kappa shape index (κ2) is 8.74. The SMILES string of the molecule is CNC(=O)C(NC(=O)CNC(=O)OC(C)(C)C)C1CCCCC1. The first kappa shape index (κ1) is 19.3. The van der Waals surface area contributed by atoms with Gasteiger partial charge in [-0.3, -0.25) is 9.59 Å². The summed E-state index contributed by atoms with van der Waals surface area (Å²) in [6.07, 6.45) is 4.52. The third-order valence-corrected chi connectivity index (χ3v) is 3.76. The first-order valence-electron chi connectivity index (χ1n) is 8.20. The van der Waals surface area contributed by atoms with Crippen molar-refractivity contribution in [3.8, 4) is 0 Å². The monoisotopic (exact) mass is 327 g/mol. The van der Waals surface area contributed by atoms with Crippen molar-refractivity contribution in [3.05, 3.63) is 0 Å². The molecule has 3 amide bonds. The van der Waals surface area contributed by atoms with Crippen LogP contribution >= 0.6 is 0 Å². The molecule has 1 fully saturated rings. The van der Waals surface area contributed by atoms with Gasteiger partial charge in [0.15, 0.2) is 0 Å². The van der Waals surface area contributed by atoms with Crippen LogP contribution in [0.4, 0.5) is 4.79 Å². The van der Waals surface area contributed by atoms with Crippen LogP contribution < -0.4 is 16.0 Å². The summed E-state index contributed by atoms with van der Waals surface area (Å²) in [5.74, 6) is -0.438. The lowest BCUT2D eigenvalue weighted by Gasteiger charge is -2.29. The number of carbonyl (C=O) groups is 3. The van der Waals surface area contributed by atoms with Crippen molar-refractivity contribution in [3.63, 3.8) is 0 Å². The van der Waals surface area contributed by atoms with Crippen molar-refractivity contribution in [2.24, 2.45) is 5.92 Å². The minimum atomic E-state index is -0.651. The summed E-state index contributed by atoms with van der Waals surface area (Å²) in [6.45, 7) is 5.03. The molecule has 0 bridgehead atoms. The van der Waals surface area contributed by atoms with Crippen LogP contribution in [0.2, 0.25) is 0 Å². The van der Waals surface area contributed by atoms with Gasteiger partial charge in [-0.1, -0.05) is 19.3 Å². The van der Waals surface area contributed by atoms with Gasteiger partial charge < -0.3 is 20.7 Å². The summed E-state index contributed by atoms with van der Waals surface area (Å²) in [4.78, 5) is 35.6. The number of ether oxygens (including phenoxy) is 1. The van der Waals surface area contributed by atoms with Gasteiger partial charge in [-0.2, -0.15) is 0 Å². The number of nitrogens with one attached hydrogen (secondary N) is 3. The summed E-state index contributed by atoms with van der Waals surface area (Å²) < 4.78 is 5.07. The fourth-order valence-electron chi connectivity index (χ4n) is 2.71. The Morgan fingerprint density at radius 2 is 1.74 bits per heavy atom. The molecule has 0 saturated heterocycles.